The molecule has 0 saturated heterocycles. The molecule has 144 valence electrons. The molecule has 0 aliphatic carbocycles. The lowest BCUT2D eigenvalue weighted by molar-refractivity contribution is -0.114. The Bertz CT molecular complexity index is 1120. The molecule has 0 saturated carbocycles. The molecule has 0 atom stereocenters. The lowest BCUT2D eigenvalue weighted by Crippen LogP contribution is -2.16. The van der Waals surface area contributed by atoms with Crippen LogP contribution in [0, 0.1) is 18.3 Å². The number of nitriles is 1. The smallest absolute Gasteiger partial charge is 0.274 e. The van der Waals surface area contributed by atoms with Crippen molar-refractivity contribution in [3.63, 3.8) is 0 Å². The van der Waals surface area contributed by atoms with E-state index in [-0.39, 0.29) is 17.5 Å². The SMILES string of the molecule is CC(=O)Nc1cccc(NC(=O)c2cc(C)nc(Nc3ccccc3C#N)n2)c1. The molecule has 0 fully saturated rings. The van der Waals surface area contributed by atoms with Gasteiger partial charge in [0.1, 0.15) is 11.8 Å². The molecule has 0 radical (unpaired) electrons. The van der Waals surface area contributed by atoms with Gasteiger partial charge in [-0.1, -0.05) is 18.2 Å². The molecule has 8 nitrogen and oxygen atoms in total. The van der Waals surface area contributed by atoms with Crippen LogP contribution in [0.2, 0.25) is 0 Å². The van der Waals surface area contributed by atoms with Crippen LogP contribution in [0.1, 0.15) is 28.7 Å². The normalized spacial score (nSPS) is 9.97. The van der Waals surface area contributed by atoms with E-state index >= 15 is 0 Å². The maximum absolute atomic E-state index is 12.7. The fourth-order valence-corrected chi connectivity index (χ4v) is 2.62. The number of benzene rings is 2. The van der Waals surface area contributed by atoms with Gasteiger partial charge in [0.15, 0.2) is 0 Å². The topological polar surface area (TPSA) is 120 Å². The van der Waals surface area contributed by atoms with Crippen LogP contribution in [0.15, 0.2) is 54.6 Å². The lowest BCUT2D eigenvalue weighted by Gasteiger charge is -2.10. The van der Waals surface area contributed by atoms with Crippen molar-refractivity contribution in [3.05, 3.63) is 71.5 Å². The minimum absolute atomic E-state index is 0.166. The van der Waals surface area contributed by atoms with E-state index in [0.717, 1.165) is 0 Å². The van der Waals surface area contributed by atoms with Gasteiger partial charge in [-0.2, -0.15) is 5.26 Å². The second kappa shape index (κ2) is 8.63. The predicted molar refractivity (Wildman–Crippen MR) is 110 cm³/mol. The maximum Gasteiger partial charge on any atom is 0.274 e. The Balaban J connectivity index is 1.81. The summed E-state index contributed by atoms with van der Waals surface area (Å²) in [7, 11) is 0. The van der Waals surface area contributed by atoms with Crippen LogP contribution in [0.25, 0.3) is 0 Å². The maximum atomic E-state index is 12.7. The number of rotatable bonds is 5. The minimum atomic E-state index is -0.424. The van der Waals surface area contributed by atoms with Gasteiger partial charge in [-0.3, -0.25) is 9.59 Å². The third-order valence-electron chi connectivity index (χ3n) is 3.82. The third-order valence-corrected chi connectivity index (χ3v) is 3.82. The zero-order valence-electron chi connectivity index (χ0n) is 15.9. The molecule has 2 aromatic carbocycles. The molecule has 0 spiro atoms. The molecule has 0 aliphatic heterocycles. The number of para-hydroxylation sites is 1. The van der Waals surface area contributed by atoms with E-state index in [1.54, 1.807) is 61.5 Å². The molecule has 1 heterocycles. The number of hydrogen-bond donors (Lipinski definition) is 3. The van der Waals surface area contributed by atoms with Gasteiger partial charge in [0.2, 0.25) is 11.9 Å². The number of hydrogen-bond acceptors (Lipinski definition) is 6. The average Bonchev–Trinajstić information content (AvgIpc) is 2.67. The van der Waals surface area contributed by atoms with Gasteiger partial charge in [-0.05, 0) is 43.3 Å². The fraction of sp³-hybridized carbons (Fsp3) is 0.0952. The molecule has 3 aromatic rings. The average molecular weight is 386 g/mol. The highest BCUT2D eigenvalue weighted by molar-refractivity contribution is 6.03. The van der Waals surface area contributed by atoms with Crippen molar-refractivity contribution in [2.45, 2.75) is 13.8 Å². The molecule has 3 rings (SSSR count). The summed E-state index contributed by atoms with van der Waals surface area (Å²) in [6, 6.07) is 17.4. The molecule has 29 heavy (non-hydrogen) atoms. The molecule has 1 aromatic heterocycles. The molecule has 3 N–H and O–H groups in total. The van der Waals surface area contributed by atoms with E-state index in [2.05, 4.69) is 32.0 Å². The summed E-state index contributed by atoms with van der Waals surface area (Å²) < 4.78 is 0. The predicted octanol–water partition coefficient (Wildman–Crippen LogP) is 3.61. The van der Waals surface area contributed by atoms with E-state index in [0.29, 0.717) is 28.3 Å². The van der Waals surface area contributed by atoms with Crippen LogP contribution in [0.5, 0.6) is 0 Å². The number of aromatic nitrogens is 2. The van der Waals surface area contributed by atoms with Crippen molar-refractivity contribution < 1.29 is 9.59 Å². The highest BCUT2D eigenvalue weighted by Crippen LogP contribution is 2.19. The van der Waals surface area contributed by atoms with Gasteiger partial charge in [-0.15, -0.1) is 0 Å². The van der Waals surface area contributed by atoms with Gasteiger partial charge >= 0.3 is 0 Å². The lowest BCUT2D eigenvalue weighted by atomic mass is 10.2. The molecule has 2 amide bonds. The van der Waals surface area contributed by atoms with Crippen molar-refractivity contribution in [1.82, 2.24) is 9.97 Å². The summed E-state index contributed by atoms with van der Waals surface area (Å²) in [5.74, 6) is -0.412. The van der Waals surface area contributed by atoms with E-state index in [4.69, 9.17) is 0 Å². The Morgan fingerprint density at radius 3 is 2.41 bits per heavy atom. The summed E-state index contributed by atoms with van der Waals surface area (Å²) in [5.41, 5.74) is 2.84. The Labute approximate surface area is 167 Å². The minimum Gasteiger partial charge on any atom is -0.326 e. The van der Waals surface area contributed by atoms with Crippen LogP contribution in [0.3, 0.4) is 0 Å². The van der Waals surface area contributed by atoms with Crippen molar-refractivity contribution in [1.29, 1.82) is 5.26 Å². The third kappa shape index (κ3) is 5.14. The first kappa shape index (κ1) is 19.5. The number of aryl methyl sites for hydroxylation is 1. The summed E-state index contributed by atoms with van der Waals surface area (Å²) in [5, 5.41) is 17.6. The van der Waals surface area contributed by atoms with Crippen LogP contribution < -0.4 is 16.0 Å². The number of anilines is 4. The molecule has 8 heteroatoms. The Kier molecular flexibility index (Phi) is 5.80. The van der Waals surface area contributed by atoms with Crippen molar-refractivity contribution in [2.24, 2.45) is 0 Å². The highest BCUT2D eigenvalue weighted by atomic mass is 16.2. The molecule has 0 unspecified atom stereocenters. The quantitative estimate of drug-likeness (QED) is 0.616. The van der Waals surface area contributed by atoms with Crippen molar-refractivity contribution in [3.8, 4) is 6.07 Å². The van der Waals surface area contributed by atoms with E-state index in [9.17, 15) is 14.9 Å². The first-order valence-corrected chi connectivity index (χ1v) is 8.75. The van der Waals surface area contributed by atoms with Crippen LogP contribution >= 0.6 is 0 Å². The van der Waals surface area contributed by atoms with Gasteiger partial charge < -0.3 is 16.0 Å². The van der Waals surface area contributed by atoms with Gasteiger partial charge in [-0.25, -0.2) is 9.97 Å². The first-order chi connectivity index (χ1) is 13.9. The van der Waals surface area contributed by atoms with Crippen molar-refractivity contribution in [2.75, 3.05) is 16.0 Å². The zero-order chi connectivity index (χ0) is 20.8. The second-order valence-corrected chi connectivity index (χ2v) is 6.22. The summed E-state index contributed by atoms with van der Waals surface area (Å²) in [6.45, 7) is 3.16. The second-order valence-electron chi connectivity index (χ2n) is 6.22. The zero-order valence-corrected chi connectivity index (χ0v) is 15.9. The standard InChI is InChI=1S/C21H18N6O2/c1-13-10-19(20(29)25-17-8-5-7-16(11-17)24-14(2)28)27-21(23-13)26-18-9-4-3-6-15(18)12-22/h3-11H,1-2H3,(H,24,28)(H,25,29)(H,23,26,27). The number of carbonyl (C=O) groups is 2. The molecular weight excluding hydrogens is 368 g/mol. The first-order valence-electron chi connectivity index (χ1n) is 8.75. The van der Waals surface area contributed by atoms with Gasteiger partial charge in [0.25, 0.3) is 5.91 Å². The Morgan fingerprint density at radius 2 is 1.69 bits per heavy atom. The Hall–Kier alpha value is -4.25. The van der Waals surface area contributed by atoms with Crippen LogP contribution in [0.4, 0.5) is 23.0 Å². The van der Waals surface area contributed by atoms with Crippen molar-refractivity contribution >= 4 is 34.8 Å². The number of nitrogens with zero attached hydrogens (tertiary/aromatic N) is 3. The van der Waals surface area contributed by atoms with E-state index in [1.807, 2.05) is 0 Å². The summed E-state index contributed by atoms with van der Waals surface area (Å²) >= 11 is 0. The van der Waals surface area contributed by atoms with E-state index < -0.39 is 5.91 Å². The van der Waals surface area contributed by atoms with Gasteiger partial charge in [0, 0.05) is 24.0 Å². The molecule has 0 aliphatic rings. The fourth-order valence-electron chi connectivity index (χ4n) is 2.62. The number of carbonyl (C=O) groups excluding carboxylic acids is 2. The summed E-state index contributed by atoms with van der Waals surface area (Å²) in [6.07, 6.45) is 0. The summed E-state index contributed by atoms with van der Waals surface area (Å²) in [4.78, 5) is 32.4. The number of nitrogens with one attached hydrogen (secondary N) is 3. The van der Waals surface area contributed by atoms with Gasteiger partial charge in [0.05, 0.1) is 11.3 Å². The largest absolute Gasteiger partial charge is 0.326 e. The Morgan fingerprint density at radius 1 is 0.966 bits per heavy atom. The molecule has 0 bridgehead atoms. The molecular formula is C21H18N6O2. The van der Waals surface area contributed by atoms with Crippen LogP contribution in [-0.2, 0) is 4.79 Å². The van der Waals surface area contributed by atoms with E-state index in [1.165, 1.54) is 6.92 Å². The van der Waals surface area contributed by atoms with Crippen LogP contribution in [-0.4, -0.2) is 21.8 Å². The number of amides is 2. The monoisotopic (exact) mass is 386 g/mol. The highest BCUT2D eigenvalue weighted by Gasteiger charge is 2.12.